The zero-order chi connectivity index (χ0) is 19.2. The average molecular weight is 364 g/mol. The quantitative estimate of drug-likeness (QED) is 0.523. The SMILES string of the molecule is CC(C)(C)C1CCC(OC(=O)CCCC(=O)Oc2ccccc2F)CC1. The van der Waals surface area contributed by atoms with E-state index in [0.717, 1.165) is 25.7 Å². The Morgan fingerprint density at radius 2 is 1.65 bits per heavy atom. The van der Waals surface area contributed by atoms with Crippen LogP contribution in [-0.4, -0.2) is 18.0 Å². The van der Waals surface area contributed by atoms with Crippen molar-refractivity contribution in [1.29, 1.82) is 0 Å². The minimum Gasteiger partial charge on any atom is -0.462 e. The van der Waals surface area contributed by atoms with Crippen LogP contribution in [0, 0.1) is 17.2 Å². The van der Waals surface area contributed by atoms with Gasteiger partial charge in [-0.2, -0.15) is 0 Å². The lowest BCUT2D eigenvalue weighted by Gasteiger charge is -2.36. The zero-order valence-corrected chi connectivity index (χ0v) is 15.9. The van der Waals surface area contributed by atoms with Gasteiger partial charge in [-0.25, -0.2) is 4.39 Å². The molecule has 1 aromatic carbocycles. The van der Waals surface area contributed by atoms with Crippen LogP contribution in [0.2, 0.25) is 0 Å². The van der Waals surface area contributed by atoms with Gasteiger partial charge in [0, 0.05) is 12.8 Å². The van der Waals surface area contributed by atoms with Crippen molar-refractivity contribution in [3.8, 4) is 5.75 Å². The summed E-state index contributed by atoms with van der Waals surface area (Å²) < 4.78 is 23.9. The molecule has 1 aliphatic carbocycles. The molecule has 1 aliphatic rings. The third kappa shape index (κ3) is 6.43. The molecule has 0 aliphatic heterocycles. The summed E-state index contributed by atoms with van der Waals surface area (Å²) in [5.41, 5.74) is 0.299. The summed E-state index contributed by atoms with van der Waals surface area (Å²) in [7, 11) is 0. The summed E-state index contributed by atoms with van der Waals surface area (Å²) in [4.78, 5) is 23.7. The first-order valence-corrected chi connectivity index (χ1v) is 9.40. The van der Waals surface area contributed by atoms with Crippen LogP contribution >= 0.6 is 0 Å². The van der Waals surface area contributed by atoms with Crippen molar-refractivity contribution in [1.82, 2.24) is 0 Å². The molecule has 2 rings (SSSR count). The molecule has 1 fully saturated rings. The third-order valence-electron chi connectivity index (χ3n) is 5.02. The number of ether oxygens (including phenoxy) is 2. The van der Waals surface area contributed by atoms with Gasteiger partial charge in [-0.1, -0.05) is 32.9 Å². The number of rotatable bonds is 6. The van der Waals surface area contributed by atoms with Crippen molar-refractivity contribution >= 4 is 11.9 Å². The molecular weight excluding hydrogens is 335 g/mol. The molecule has 5 heteroatoms. The maximum Gasteiger partial charge on any atom is 0.311 e. The molecule has 0 saturated heterocycles. The Bertz CT molecular complexity index is 613. The predicted octanol–water partition coefficient (Wildman–Crippen LogP) is 5.05. The highest BCUT2D eigenvalue weighted by molar-refractivity contribution is 5.74. The molecule has 0 bridgehead atoms. The molecule has 0 amide bonds. The third-order valence-corrected chi connectivity index (χ3v) is 5.02. The fourth-order valence-corrected chi connectivity index (χ4v) is 3.37. The average Bonchev–Trinajstić information content (AvgIpc) is 2.56. The molecule has 0 aromatic heterocycles. The van der Waals surface area contributed by atoms with E-state index in [1.807, 2.05) is 0 Å². The van der Waals surface area contributed by atoms with Gasteiger partial charge in [0.1, 0.15) is 6.10 Å². The van der Waals surface area contributed by atoms with E-state index in [1.165, 1.54) is 18.2 Å². The first kappa shape index (κ1) is 20.4. The van der Waals surface area contributed by atoms with E-state index in [2.05, 4.69) is 20.8 Å². The second kappa shape index (κ2) is 9.15. The summed E-state index contributed by atoms with van der Waals surface area (Å²) in [5, 5.41) is 0. The molecule has 4 nitrogen and oxygen atoms in total. The van der Waals surface area contributed by atoms with Gasteiger partial charge in [-0.15, -0.1) is 0 Å². The van der Waals surface area contributed by atoms with E-state index in [9.17, 15) is 14.0 Å². The highest BCUT2D eigenvalue weighted by Gasteiger charge is 2.31. The molecule has 1 saturated carbocycles. The van der Waals surface area contributed by atoms with Crippen molar-refractivity contribution in [2.24, 2.45) is 11.3 Å². The van der Waals surface area contributed by atoms with Crippen molar-refractivity contribution in [2.75, 3.05) is 0 Å². The van der Waals surface area contributed by atoms with Crippen molar-refractivity contribution in [3.63, 3.8) is 0 Å². The van der Waals surface area contributed by atoms with E-state index in [0.29, 0.717) is 17.8 Å². The molecule has 1 aromatic rings. The molecule has 144 valence electrons. The monoisotopic (exact) mass is 364 g/mol. The minimum atomic E-state index is -0.578. The maximum absolute atomic E-state index is 13.4. The smallest absolute Gasteiger partial charge is 0.311 e. The fourth-order valence-electron chi connectivity index (χ4n) is 3.37. The number of hydrogen-bond donors (Lipinski definition) is 0. The van der Waals surface area contributed by atoms with Crippen molar-refractivity contribution in [3.05, 3.63) is 30.1 Å². The highest BCUT2D eigenvalue weighted by Crippen LogP contribution is 2.38. The first-order chi connectivity index (χ1) is 12.3. The van der Waals surface area contributed by atoms with Gasteiger partial charge in [0.2, 0.25) is 0 Å². The second-order valence-electron chi connectivity index (χ2n) is 8.09. The van der Waals surface area contributed by atoms with Gasteiger partial charge in [0.15, 0.2) is 11.6 Å². The van der Waals surface area contributed by atoms with Crippen LogP contribution in [0.3, 0.4) is 0 Å². The van der Waals surface area contributed by atoms with Gasteiger partial charge in [-0.3, -0.25) is 9.59 Å². The Hall–Kier alpha value is -1.91. The van der Waals surface area contributed by atoms with Crippen LogP contribution in [0.4, 0.5) is 4.39 Å². The number of hydrogen-bond acceptors (Lipinski definition) is 4. The lowest BCUT2D eigenvalue weighted by molar-refractivity contribution is -0.151. The zero-order valence-electron chi connectivity index (χ0n) is 15.9. The van der Waals surface area contributed by atoms with Gasteiger partial charge in [0.05, 0.1) is 0 Å². The summed E-state index contributed by atoms with van der Waals surface area (Å²) in [5.74, 6) is -0.816. The Morgan fingerprint density at radius 3 is 2.27 bits per heavy atom. The lowest BCUT2D eigenvalue weighted by Crippen LogP contribution is -2.30. The molecule has 0 atom stereocenters. The number of para-hydroxylation sites is 1. The largest absolute Gasteiger partial charge is 0.462 e. The molecule has 26 heavy (non-hydrogen) atoms. The topological polar surface area (TPSA) is 52.6 Å². The molecule has 0 heterocycles. The number of carbonyl (C=O) groups excluding carboxylic acids is 2. The van der Waals surface area contributed by atoms with E-state index in [4.69, 9.17) is 9.47 Å². The molecule has 0 spiro atoms. The van der Waals surface area contributed by atoms with Gasteiger partial charge < -0.3 is 9.47 Å². The van der Waals surface area contributed by atoms with E-state index >= 15 is 0 Å². The fraction of sp³-hybridized carbons (Fsp3) is 0.619. The number of halogens is 1. The van der Waals surface area contributed by atoms with Crippen LogP contribution in [0.5, 0.6) is 5.75 Å². The Morgan fingerprint density at radius 1 is 1.04 bits per heavy atom. The number of esters is 2. The van der Waals surface area contributed by atoms with E-state index in [-0.39, 0.29) is 30.7 Å². The Labute approximate surface area is 155 Å². The van der Waals surface area contributed by atoms with Gasteiger partial charge >= 0.3 is 11.9 Å². The van der Waals surface area contributed by atoms with Crippen LogP contribution in [0.25, 0.3) is 0 Å². The maximum atomic E-state index is 13.4. The van der Waals surface area contributed by atoms with Gasteiger partial charge in [0.25, 0.3) is 0 Å². The van der Waals surface area contributed by atoms with Crippen LogP contribution in [0.1, 0.15) is 65.7 Å². The van der Waals surface area contributed by atoms with Crippen molar-refractivity contribution < 1.29 is 23.5 Å². The lowest BCUT2D eigenvalue weighted by atomic mass is 9.72. The minimum absolute atomic E-state index is 0.00790. The summed E-state index contributed by atoms with van der Waals surface area (Å²) in [6, 6.07) is 5.75. The van der Waals surface area contributed by atoms with Crippen molar-refractivity contribution in [2.45, 2.75) is 71.8 Å². The second-order valence-corrected chi connectivity index (χ2v) is 8.09. The molecular formula is C21H29FO4. The normalized spacial score (nSPS) is 20.5. The highest BCUT2D eigenvalue weighted by atomic mass is 19.1. The molecule has 0 radical (unpaired) electrons. The summed E-state index contributed by atoms with van der Waals surface area (Å²) in [6.45, 7) is 6.76. The van der Waals surface area contributed by atoms with Crippen LogP contribution in [0.15, 0.2) is 24.3 Å². The number of carbonyl (C=O) groups is 2. The Balaban J connectivity index is 1.63. The summed E-state index contributed by atoms with van der Waals surface area (Å²) >= 11 is 0. The number of benzene rings is 1. The molecule has 0 unspecified atom stereocenters. The predicted molar refractivity (Wildman–Crippen MR) is 97.2 cm³/mol. The van der Waals surface area contributed by atoms with Gasteiger partial charge in [-0.05, 0) is 55.6 Å². The van der Waals surface area contributed by atoms with E-state index in [1.54, 1.807) is 6.07 Å². The van der Waals surface area contributed by atoms with Crippen LogP contribution < -0.4 is 4.74 Å². The summed E-state index contributed by atoms with van der Waals surface area (Å²) in [6.07, 6.45) is 4.53. The van der Waals surface area contributed by atoms with Crippen LogP contribution in [-0.2, 0) is 14.3 Å². The Kier molecular flexibility index (Phi) is 7.18. The molecule has 0 N–H and O–H groups in total. The first-order valence-electron chi connectivity index (χ1n) is 9.40. The van der Waals surface area contributed by atoms with E-state index < -0.39 is 11.8 Å². The standard InChI is InChI=1S/C21H29FO4/c1-21(2,3)15-11-13-16(14-12-15)25-19(23)9-6-10-20(24)26-18-8-5-4-7-17(18)22/h4-5,7-8,15-16H,6,9-14H2,1-3H3.